The number of carbonyl (C=O) groups is 1. The molecule has 1 atom stereocenters. The molecule has 0 rings (SSSR count). The first-order valence-corrected chi connectivity index (χ1v) is 16.0. The molecule has 5 nitrogen and oxygen atoms in total. The van der Waals surface area contributed by atoms with Gasteiger partial charge < -0.3 is 25.2 Å². The summed E-state index contributed by atoms with van der Waals surface area (Å²) in [5, 5.41) is 22.6. The highest BCUT2D eigenvalue weighted by Crippen LogP contribution is 2.10. The van der Waals surface area contributed by atoms with Crippen LogP contribution in [0.5, 0.6) is 0 Å². The van der Waals surface area contributed by atoms with Gasteiger partial charge in [-0.15, -0.1) is 0 Å². The summed E-state index contributed by atoms with van der Waals surface area (Å²) in [6, 6.07) is -0.486. The molecule has 0 aliphatic carbocycles. The molecule has 0 aromatic rings. The van der Waals surface area contributed by atoms with Crippen LogP contribution in [0.2, 0.25) is 0 Å². The highest BCUT2D eigenvalue weighted by molar-refractivity contribution is 7.98. The smallest absolute Gasteiger partial charge is 0.101 e. The lowest BCUT2D eigenvalue weighted by Gasteiger charge is -2.19. The van der Waals surface area contributed by atoms with Crippen molar-refractivity contribution in [3.8, 4) is 0 Å². The zero-order valence-corrected chi connectivity index (χ0v) is 24.6. The van der Waals surface area contributed by atoms with E-state index < -0.39 is 12.0 Å². The van der Waals surface area contributed by atoms with E-state index in [0.717, 1.165) is 38.4 Å². The largest absolute Gasteiger partial charge is 0.548 e. The number of likely N-dealkylation sites (N-methyl/N-ethyl adjacent to an activating group) is 1. The normalized spacial score (nSPS) is 12.2. The molecule has 0 aliphatic rings. The van der Waals surface area contributed by atoms with Crippen LogP contribution in [0.1, 0.15) is 117 Å². The van der Waals surface area contributed by atoms with Crippen LogP contribution < -0.4 is 15.3 Å². The molecule has 0 aromatic heterocycles. The highest BCUT2D eigenvalue weighted by atomic mass is 32.2. The number of aliphatic hydroxyl groups excluding tert-OH is 1. The van der Waals surface area contributed by atoms with Crippen molar-refractivity contribution in [2.24, 2.45) is 0 Å². The van der Waals surface area contributed by atoms with Gasteiger partial charge in [-0.05, 0) is 70.9 Å². The third kappa shape index (κ3) is 29.6. The Labute approximate surface area is 222 Å². The highest BCUT2D eigenvalue weighted by Gasteiger charge is 2.07. The van der Waals surface area contributed by atoms with Crippen LogP contribution in [-0.2, 0) is 4.79 Å². The van der Waals surface area contributed by atoms with Gasteiger partial charge in [0, 0.05) is 6.04 Å². The number of unbranched alkanes of at least 4 members (excludes halogenated alkanes) is 12. The molecule has 0 amide bonds. The van der Waals surface area contributed by atoms with E-state index in [9.17, 15) is 9.90 Å². The quantitative estimate of drug-likeness (QED) is 0.124. The summed E-state index contributed by atoms with van der Waals surface area (Å²) in [5.74, 6) is -0.104. The summed E-state index contributed by atoms with van der Waals surface area (Å²) in [5.41, 5.74) is 0. The number of hydrogen-bond donors (Lipinski definition) is 3. The summed E-state index contributed by atoms with van der Waals surface area (Å²) >= 11 is 1.68. The summed E-state index contributed by atoms with van der Waals surface area (Å²) < 4.78 is 0. The first-order chi connectivity index (χ1) is 17.1. The van der Waals surface area contributed by atoms with E-state index in [1.54, 1.807) is 11.8 Å². The van der Waals surface area contributed by atoms with Gasteiger partial charge in [0.05, 0.1) is 25.7 Å². The molecule has 0 fully saturated rings. The number of nitrogens with one attached hydrogen (secondary N) is 2. The fourth-order valence-corrected chi connectivity index (χ4v) is 4.42. The van der Waals surface area contributed by atoms with E-state index in [-0.39, 0.29) is 0 Å². The topological polar surface area (TPSA) is 76.8 Å². The maximum absolute atomic E-state index is 11.0. The van der Waals surface area contributed by atoms with Gasteiger partial charge in [0.2, 0.25) is 0 Å². The molecule has 0 saturated heterocycles. The van der Waals surface area contributed by atoms with Gasteiger partial charge in [-0.1, -0.05) is 76.9 Å². The average molecular weight is 517 g/mol. The van der Waals surface area contributed by atoms with E-state index in [0.29, 0.717) is 13.0 Å². The molecule has 0 aliphatic heterocycles. The van der Waals surface area contributed by atoms with Crippen LogP contribution in [0.25, 0.3) is 0 Å². The number of allylic oxidation sites excluding steroid dienone is 2. The predicted octanol–water partition coefficient (Wildman–Crippen LogP) is 4.39. The second kappa shape index (κ2) is 31.5. The van der Waals surface area contributed by atoms with Crippen LogP contribution in [0.3, 0.4) is 0 Å². The van der Waals surface area contributed by atoms with Gasteiger partial charge in [-0.2, -0.15) is 11.8 Å². The van der Waals surface area contributed by atoms with E-state index >= 15 is 0 Å². The number of quaternary nitrogens is 1. The summed E-state index contributed by atoms with van der Waals surface area (Å²) in [7, 11) is 0. The van der Waals surface area contributed by atoms with Crippen LogP contribution in [0, 0.1) is 0 Å². The predicted molar refractivity (Wildman–Crippen MR) is 153 cm³/mol. The fourth-order valence-electron chi connectivity index (χ4n) is 3.95. The number of carbonyl (C=O) groups excluding carboxylic acids is 1. The molecular weight excluding hydrogens is 456 g/mol. The van der Waals surface area contributed by atoms with Gasteiger partial charge in [-0.25, -0.2) is 0 Å². The number of rotatable bonds is 25. The van der Waals surface area contributed by atoms with Crippen molar-refractivity contribution in [2.75, 3.05) is 44.8 Å². The lowest BCUT2D eigenvalue weighted by Crippen LogP contribution is -3.11. The number of carboxylic acid groups (broad SMARTS) is 1. The summed E-state index contributed by atoms with van der Waals surface area (Å²) in [6.07, 6.45) is 25.5. The van der Waals surface area contributed by atoms with Crippen molar-refractivity contribution in [1.29, 1.82) is 0 Å². The Morgan fingerprint density at radius 3 is 1.83 bits per heavy atom. The van der Waals surface area contributed by atoms with Gasteiger partial charge in [-0.3, -0.25) is 0 Å². The van der Waals surface area contributed by atoms with Gasteiger partial charge >= 0.3 is 0 Å². The molecule has 0 heterocycles. The Morgan fingerprint density at radius 1 is 0.886 bits per heavy atom. The van der Waals surface area contributed by atoms with Crippen LogP contribution in [0.4, 0.5) is 0 Å². The van der Waals surface area contributed by atoms with E-state index in [1.165, 1.54) is 88.4 Å². The lowest BCUT2D eigenvalue weighted by molar-refractivity contribution is -0.896. The molecule has 0 saturated carbocycles. The number of aliphatic carboxylic acids is 1. The number of thioether (sulfide) groups is 1. The fraction of sp³-hybridized carbons (Fsp3) is 0.897. The Bertz CT molecular complexity index is 446. The minimum atomic E-state index is -0.964. The molecule has 3 N–H and O–H groups in total. The Kier molecular flexibility index (Phi) is 32.9. The summed E-state index contributed by atoms with van der Waals surface area (Å²) in [6.45, 7) is 10.8. The maximum Gasteiger partial charge on any atom is 0.101 e. The van der Waals surface area contributed by atoms with Crippen molar-refractivity contribution < 1.29 is 19.9 Å². The summed E-state index contributed by atoms with van der Waals surface area (Å²) in [4.78, 5) is 12.5. The van der Waals surface area contributed by atoms with Crippen molar-refractivity contribution in [1.82, 2.24) is 5.32 Å². The van der Waals surface area contributed by atoms with Crippen molar-refractivity contribution in [2.45, 2.75) is 123 Å². The molecule has 1 unspecified atom stereocenters. The van der Waals surface area contributed by atoms with Gasteiger partial charge in [0.1, 0.15) is 6.54 Å². The third-order valence-electron chi connectivity index (χ3n) is 6.44. The minimum absolute atomic E-state index is 0.316. The molecule has 0 aromatic carbocycles. The molecular formula is C29H60N2O3S. The third-order valence-corrected chi connectivity index (χ3v) is 7.08. The second-order valence-corrected chi connectivity index (χ2v) is 10.5. The first kappa shape index (κ1) is 36.6. The number of aliphatic hydroxyl groups is 1. The van der Waals surface area contributed by atoms with Crippen molar-refractivity contribution in [3.63, 3.8) is 0 Å². The molecule has 0 spiro atoms. The molecule has 0 radical (unpaired) electrons. The zero-order valence-electron chi connectivity index (χ0n) is 23.8. The maximum atomic E-state index is 11.0. The molecule has 210 valence electrons. The van der Waals surface area contributed by atoms with Gasteiger partial charge in [0.15, 0.2) is 0 Å². The van der Waals surface area contributed by atoms with Crippen LogP contribution in [-0.4, -0.2) is 61.9 Å². The molecule has 0 bridgehead atoms. The first-order valence-electron chi connectivity index (χ1n) is 14.6. The van der Waals surface area contributed by atoms with Crippen molar-refractivity contribution >= 4 is 17.7 Å². The lowest BCUT2D eigenvalue weighted by atomic mass is 10.1. The van der Waals surface area contributed by atoms with E-state index in [4.69, 9.17) is 5.11 Å². The second-order valence-electron chi connectivity index (χ2n) is 9.48. The van der Waals surface area contributed by atoms with E-state index in [2.05, 4.69) is 38.2 Å². The Hall–Kier alpha value is -0.560. The van der Waals surface area contributed by atoms with Gasteiger partial charge in [0.25, 0.3) is 0 Å². The molecule has 6 heteroatoms. The van der Waals surface area contributed by atoms with Crippen LogP contribution >= 0.6 is 11.8 Å². The van der Waals surface area contributed by atoms with E-state index in [1.807, 2.05) is 6.26 Å². The van der Waals surface area contributed by atoms with Crippen molar-refractivity contribution in [3.05, 3.63) is 12.2 Å². The van der Waals surface area contributed by atoms with Crippen LogP contribution in [0.15, 0.2) is 12.2 Å². The monoisotopic (exact) mass is 516 g/mol. The zero-order chi connectivity index (χ0) is 26.4. The Balaban J connectivity index is 0. The number of carboxylic acids is 1. The minimum Gasteiger partial charge on any atom is -0.548 e. The SMILES string of the molecule is CCCCCCCC/C=C\CCCCCCCCNC(CCSC)C(=O)[O-].CC[NH+](CC)CCO. The molecule has 35 heavy (non-hydrogen) atoms. The number of hydrogen-bond acceptors (Lipinski definition) is 5. The Morgan fingerprint density at radius 2 is 1.40 bits per heavy atom. The average Bonchev–Trinajstić information content (AvgIpc) is 2.86. The standard InChI is InChI=1S/C23H45NO2S.C6H15NO/c1-3-4-5-6-7-8-9-10-11-12-13-14-15-16-17-18-20-24-22(23(25)26)19-21-27-2;1-3-7(4-2)5-6-8/h10-11,22,24H,3-9,12-21H2,1-2H3,(H,25,26);8H,3-6H2,1-2H3/b11-10-;.